The predicted molar refractivity (Wildman–Crippen MR) is 116 cm³/mol. The molecule has 0 spiro atoms. The Morgan fingerprint density at radius 1 is 1.00 bits per heavy atom. The van der Waals surface area contributed by atoms with Crippen LogP contribution in [0.15, 0.2) is 65.5 Å². The lowest BCUT2D eigenvalue weighted by Gasteiger charge is -2.19. The Morgan fingerprint density at radius 3 is 2.37 bits per heavy atom. The van der Waals surface area contributed by atoms with Crippen molar-refractivity contribution in [3.05, 3.63) is 82.1 Å². The molecule has 3 aromatic rings. The summed E-state index contributed by atoms with van der Waals surface area (Å²) in [6.07, 6.45) is 0. The van der Waals surface area contributed by atoms with Crippen molar-refractivity contribution in [1.82, 2.24) is 15.5 Å². The normalized spacial score (nSPS) is 11.0. The molecule has 0 radical (unpaired) electrons. The molecule has 2 amide bonds. The molecule has 0 bridgehead atoms. The molecule has 0 aliphatic carbocycles. The molecule has 0 aliphatic rings. The molecule has 1 aromatic heterocycles. The van der Waals surface area contributed by atoms with Gasteiger partial charge in [0.2, 0.25) is 5.91 Å². The van der Waals surface area contributed by atoms with Gasteiger partial charge in [-0.2, -0.15) is 5.10 Å². The summed E-state index contributed by atoms with van der Waals surface area (Å²) in [5.41, 5.74) is 3.25. The van der Waals surface area contributed by atoms with Gasteiger partial charge in [0.1, 0.15) is 0 Å². The second-order valence-corrected chi connectivity index (χ2v) is 7.95. The maximum atomic E-state index is 12.3. The van der Waals surface area contributed by atoms with E-state index >= 15 is 0 Å². The van der Waals surface area contributed by atoms with Gasteiger partial charge in [-0.15, -0.1) is 0 Å². The highest BCUT2D eigenvalue weighted by Gasteiger charge is 2.14. The number of carbonyl (C=O) groups excluding carboxylic acids is 2. The van der Waals surface area contributed by atoms with Gasteiger partial charge in [0.15, 0.2) is 0 Å². The minimum Gasteiger partial charge on any atom is -0.343 e. The lowest BCUT2D eigenvalue weighted by atomic mass is 9.87. The third-order valence-electron chi connectivity index (χ3n) is 4.54. The van der Waals surface area contributed by atoms with Gasteiger partial charge in [-0.25, -0.2) is 5.10 Å². The van der Waals surface area contributed by atoms with E-state index in [1.807, 2.05) is 18.2 Å². The first-order valence-electron chi connectivity index (χ1n) is 9.57. The van der Waals surface area contributed by atoms with Gasteiger partial charge in [-0.05, 0) is 41.3 Å². The number of aromatic nitrogens is 2. The predicted octanol–water partition coefficient (Wildman–Crippen LogP) is 3.10. The third kappa shape index (κ3) is 5.41. The van der Waals surface area contributed by atoms with Crippen molar-refractivity contribution in [3.63, 3.8) is 0 Å². The van der Waals surface area contributed by atoms with Crippen molar-refractivity contribution in [1.29, 1.82) is 0 Å². The maximum Gasteiger partial charge on any atom is 0.264 e. The lowest BCUT2D eigenvalue weighted by molar-refractivity contribution is -0.115. The number of amides is 2. The summed E-state index contributed by atoms with van der Waals surface area (Å²) >= 11 is 0. The summed E-state index contributed by atoms with van der Waals surface area (Å²) < 4.78 is 0. The summed E-state index contributed by atoms with van der Waals surface area (Å²) in [4.78, 5) is 35.7. The molecular formula is C23H24N4O3. The second kappa shape index (κ2) is 8.73. The smallest absolute Gasteiger partial charge is 0.264 e. The van der Waals surface area contributed by atoms with Crippen LogP contribution in [0, 0.1) is 0 Å². The minimum atomic E-state index is -0.346. The highest BCUT2D eigenvalue weighted by molar-refractivity contribution is 5.99. The number of aromatic amines is 1. The average Bonchev–Trinajstić information content (AvgIpc) is 2.72. The van der Waals surface area contributed by atoms with Gasteiger partial charge in [0.25, 0.3) is 11.5 Å². The van der Waals surface area contributed by atoms with Crippen LogP contribution in [-0.4, -0.2) is 28.6 Å². The van der Waals surface area contributed by atoms with Crippen molar-refractivity contribution >= 4 is 17.5 Å². The van der Waals surface area contributed by atoms with Gasteiger partial charge in [0, 0.05) is 22.9 Å². The highest BCUT2D eigenvalue weighted by atomic mass is 16.2. The van der Waals surface area contributed by atoms with Crippen molar-refractivity contribution in [3.8, 4) is 11.3 Å². The topological polar surface area (TPSA) is 104 Å². The number of nitrogens with zero attached hydrogens (tertiary/aromatic N) is 1. The molecule has 0 saturated heterocycles. The SMILES string of the molecule is CC(C)(C)c1ccc(C(=O)NCC(=O)Nc2cccc(-c3ccc(=O)[nH]n3)c2)cc1. The molecule has 0 aliphatic heterocycles. The molecular weight excluding hydrogens is 380 g/mol. The Bertz CT molecular complexity index is 1090. The molecule has 7 heteroatoms. The fraction of sp³-hybridized carbons (Fsp3) is 0.217. The molecule has 0 fully saturated rings. The van der Waals surface area contributed by atoms with Crippen LogP contribution < -0.4 is 16.2 Å². The molecule has 1 heterocycles. The summed E-state index contributed by atoms with van der Waals surface area (Å²) in [5.74, 6) is -0.655. The number of H-pyrrole nitrogens is 1. The number of carbonyl (C=O) groups is 2. The zero-order valence-corrected chi connectivity index (χ0v) is 17.2. The molecule has 3 rings (SSSR count). The fourth-order valence-electron chi connectivity index (χ4n) is 2.85. The Labute approximate surface area is 174 Å². The zero-order chi connectivity index (χ0) is 21.7. The molecule has 2 aromatic carbocycles. The monoisotopic (exact) mass is 404 g/mol. The quantitative estimate of drug-likeness (QED) is 0.608. The van der Waals surface area contributed by atoms with Gasteiger partial charge in [-0.1, -0.05) is 45.0 Å². The number of anilines is 1. The Morgan fingerprint density at radius 2 is 1.73 bits per heavy atom. The number of hydrogen-bond acceptors (Lipinski definition) is 4. The highest BCUT2D eigenvalue weighted by Crippen LogP contribution is 2.22. The van der Waals surface area contributed by atoms with E-state index in [-0.39, 0.29) is 29.3 Å². The number of nitrogens with one attached hydrogen (secondary N) is 3. The minimum absolute atomic E-state index is 0.00794. The molecule has 7 nitrogen and oxygen atoms in total. The zero-order valence-electron chi connectivity index (χ0n) is 17.2. The van der Waals surface area contributed by atoms with Gasteiger partial charge >= 0.3 is 0 Å². The number of benzene rings is 2. The summed E-state index contributed by atoms with van der Waals surface area (Å²) in [6.45, 7) is 6.17. The Balaban J connectivity index is 1.58. The van der Waals surface area contributed by atoms with E-state index in [1.54, 1.807) is 36.4 Å². The van der Waals surface area contributed by atoms with Gasteiger partial charge in [0.05, 0.1) is 12.2 Å². The Hall–Kier alpha value is -3.74. The van der Waals surface area contributed by atoms with Crippen LogP contribution in [0.2, 0.25) is 0 Å². The first-order valence-corrected chi connectivity index (χ1v) is 9.57. The average molecular weight is 404 g/mol. The molecule has 3 N–H and O–H groups in total. The van der Waals surface area contributed by atoms with E-state index in [9.17, 15) is 14.4 Å². The molecule has 30 heavy (non-hydrogen) atoms. The van der Waals surface area contributed by atoms with Crippen molar-refractivity contribution in [2.24, 2.45) is 0 Å². The van der Waals surface area contributed by atoms with E-state index < -0.39 is 0 Å². The van der Waals surface area contributed by atoms with Crippen molar-refractivity contribution < 1.29 is 9.59 Å². The fourth-order valence-corrected chi connectivity index (χ4v) is 2.85. The van der Waals surface area contributed by atoms with Crippen LogP contribution in [0.3, 0.4) is 0 Å². The van der Waals surface area contributed by atoms with Gasteiger partial charge in [-0.3, -0.25) is 14.4 Å². The van der Waals surface area contributed by atoms with Crippen LogP contribution in [0.5, 0.6) is 0 Å². The summed E-state index contributed by atoms with van der Waals surface area (Å²) in [6, 6.07) is 17.4. The van der Waals surface area contributed by atoms with Crippen LogP contribution in [0.25, 0.3) is 11.3 Å². The van der Waals surface area contributed by atoms with Crippen LogP contribution in [0.4, 0.5) is 5.69 Å². The number of rotatable bonds is 5. The Kier molecular flexibility index (Phi) is 6.11. The van der Waals surface area contributed by atoms with E-state index in [1.165, 1.54) is 6.07 Å². The van der Waals surface area contributed by atoms with Crippen LogP contribution >= 0.6 is 0 Å². The van der Waals surface area contributed by atoms with Crippen molar-refractivity contribution in [2.45, 2.75) is 26.2 Å². The van der Waals surface area contributed by atoms with Crippen molar-refractivity contribution in [2.75, 3.05) is 11.9 Å². The number of hydrogen-bond donors (Lipinski definition) is 3. The largest absolute Gasteiger partial charge is 0.343 e. The maximum absolute atomic E-state index is 12.3. The molecule has 0 saturated carbocycles. The lowest BCUT2D eigenvalue weighted by Crippen LogP contribution is -2.32. The van der Waals surface area contributed by atoms with Crippen LogP contribution in [0.1, 0.15) is 36.7 Å². The first kappa shape index (κ1) is 21.0. The molecule has 0 atom stereocenters. The standard InChI is InChI=1S/C23H24N4O3/c1-23(2,3)17-9-7-15(8-10-17)22(30)24-14-21(29)25-18-6-4-5-16(13-18)19-11-12-20(28)27-26-19/h4-13H,14H2,1-3H3,(H,24,30)(H,25,29)(H,27,28). The van der Waals surface area contributed by atoms with Gasteiger partial charge < -0.3 is 10.6 Å². The third-order valence-corrected chi connectivity index (χ3v) is 4.54. The van der Waals surface area contributed by atoms with Crippen LogP contribution in [-0.2, 0) is 10.2 Å². The van der Waals surface area contributed by atoms with E-state index in [2.05, 4.69) is 41.6 Å². The molecule has 0 unspecified atom stereocenters. The molecule has 154 valence electrons. The van der Waals surface area contributed by atoms with E-state index in [0.29, 0.717) is 16.9 Å². The summed E-state index contributed by atoms with van der Waals surface area (Å²) in [5, 5.41) is 11.7. The summed E-state index contributed by atoms with van der Waals surface area (Å²) in [7, 11) is 0. The second-order valence-electron chi connectivity index (χ2n) is 7.95. The van der Waals surface area contributed by atoms with E-state index in [0.717, 1.165) is 11.1 Å². The van der Waals surface area contributed by atoms with E-state index in [4.69, 9.17) is 0 Å². The first-order chi connectivity index (χ1) is 14.2.